The van der Waals surface area contributed by atoms with Gasteiger partial charge in [0.25, 0.3) is 5.56 Å². The minimum Gasteiger partial charge on any atom is -0.460 e. The van der Waals surface area contributed by atoms with Crippen LogP contribution >= 0.6 is 0 Å². The van der Waals surface area contributed by atoms with Crippen LogP contribution in [0.2, 0.25) is 0 Å². The largest absolute Gasteiger partial charge is 0.460 e. The van der Waals surface area contributed by atoms with E-state index in [2.05, 4.69) is 27.2 Å². The summed E-state index contributed by atoms with van der Waals surface area (Å²) in [4.78, 5) is 15.3. The molecule has 4 aromatic rings. The molecule has 6 nitrogen and oxygen atoms in total. The van der Waals surface area contributed by atoms with Gasteiger partial charge in [0, 0.05) is 23.2 Å². The number of pyridine rings is 1. The van der Waals surface area contributed by atoms with Crippen LogP contribution < -0.4 is 5.56 Å². The van der Waals surface area contributed by atoms with Gasteiger partial charge in [-0.2, -0.15) is 5.10 Å². The summed E-state index contributed by atoms with van der Waals surface area (Å²) in [5, 5.41) is 9.02. The highest BCUT2D eigenvalue weighted by Gasteiger charge is 2.17. The van der Waals surface area contributed by atoms with E-state index in [1.54, 1.807) is 0 Å². The van der Waals surface area contributed by atoms with Crippen molar-refractivity contribution in [1.82, 2.24) is 19.7 Å². The van der Waals surface area contributed by atoms with Crippen molar-refractivity contribution in [3.63, 3.8) is 0 Å². The van der Waals surface area contributed by atoms with Gasteiger partial charge in [-0.15, -0.1) is 0 Å². The van der Waals surface area contributed by atoms with E-state index >= 15 is 0 Å². The minimum absolute atomic E-state index is 0.00916. The van der Waals surface area contributed by atoms with Gasteiger partial charge in [-0.05, 0) is 70.1 Å². The zero-order chi connectivity index (χ0) is 19.3. The van der Waals surface area contributed by atoms with Crippen molar-refractivity contribution < 1.29 is 4.42 Å². The van der Waals surface area contributed by atoms with Crippen LogP contribution in [0.5, 0.6) is 0 Å². The molecule has 3 aromatic heterocycles. The summed E-state index contributed by atoms with van der Waals surface area (Å²) in [5.41, 5.74) is 3.45. The quantitative estimate of drug-likeness (QED) is 0.583. The number of H-pyrrole nitrogens is 1. The van der Waals surface area contributed by atoms with Crippen molar-refractivity contribution in [2.24, 2.45) is 0 Å². The third kappa shape index (κ3) is 2.67. The molecule has 0 atom stereocenters. The number of hydrogen-bond acceptors (Lipinski definition) is 4. The maximum atomic E-state index is 12.9. The second-order valence-corrected chi connectivity index (χ2v) is 7.60. The van der Waals surface area contributed by atoms with Gasteiger partial charge in [0.05, 0.1) is 17.4 Å². The Morgan fingerprint density at radius 1 is 1.18 bits per heavy atom. The van der Waals surface area contributed by atoms with Gasteiger partial charge in [0.2, 0.25) is 0 Å². The molecule has 0 unspecified atom stereocenters. The molecule has 1 aliphatic rings. The number of aromatic amines is 1. The minimum atomic E-state index is 0.00916. The number of hydrogen-bond donors (Lipinski definition) is 1. The standard InChI is InChI=1S/C22H24N4O2/c1-3-26-18-8-6-15(12-17(18)21-20(22(26)27)14(2)23-24-21)19-9-7-16(28-19)13-25-10-4-5-11-25/h6-9,12H,3-5,10-11,13H2,1-2H3,(H,23,24). The summed E-state index contributed by atoms with van der Waals surface area (Å²) in [6, 6.07) is 10.2. The molecule has 1 aliphatic heterocycles. The van der Waals surface area contributed by atoms with Crippen molar-refractivity contribution in [3.05, 3.63) is 52.1 Å². The van der Waals surface area contributed by atoms with Crippen molar-refractivity contribution in [3.8, 4) is 11.3 Å². The lowest BCUT2D eigenvalue weighted by molar-refractivity contribution is 0.299. The Morgan fingerprint density at radius 2 is 2.00 bits per heavy atom. The average Bonchev–Trinajstić information content (AvgIpc) is 3.44. The fraction of sp³-hybridized carbons (Fsp3) is 0.364. The molecule has 144 valence electrons. The number of nitrogens with one attached hydrogen (secondary N) is 1. The van der Waals surface area contributed by atoms with Crippen LogP contribution in [-0.2, 0) is 13.1 Å². The number of benzene rings is 1. The van der Waals surface area contributed by atoms with E-state index < -0.39 is 0 Å². The first-order chi connectivity index (χ1) is 13.7. The van der Waals surface area contributed by atoms with Crippen LogP contribution in [0.4, 0.5) is 0 Å². The Kier molecular flexibility index (Phi) is 4.09. The first kappa shape index (κ1) is 17.3. The Hall–Kier alpha value is -2.86. The van der Waals surface area contributed by atoms with E-state index in [1.807, 2.05) is 36.6 Å². The Morgan fingerprint density at radius 3 is 2.79 bits per heavy atom. The van der Waals surface area contributed by atoms with Crippen molar-refractivity contribution in [1.29, 1.82) is 0 Å². The molecule has 0 bridgehead atoms. The number of aromatic nitrogens is 3. The number of aryl methyl sites for hydroxylation is 2. The number of fused-ring (bicyclic) bond motifs is 3. The van der Waals surface area contributed by atoms with Crippen molar-refractivity contribution >= 4 is 21.8 Å². The number of nitrogens with zero attached hydrogens (tertiary/aromatic N) is 3. The Balaban J connectivity index is 1.62. The van der Waals surface area contributed by atoms with Crippen LogP contribution in [0.1, 0.15) is 31.2 Å². The van der Waals surface area contributed by atoms with Crippen molar-refractivity contribution in [2.75, 3.05) is 13.1 Å². The van der Waals surface area contributed by atoms with Gasteiger partial charge in [-0.1, -0.05) is 0 Å². The van der Waals surface area contributed by atoms with E-state index in [0.717, 1.165) is 58.8 Å². The number of likely N-dealkylation sites (tertiary alicyclic amines) is 1. The molecule has 0 amide bonds. The van der Waals surface area contributed by atoms with Gasteiger partial charge in [0.1, 0.15) is 17.0 Å². The summed E-state index contributed by atoms with van der Waals surface area (Å²) < 4.78 is 7.95. The third-order valence-corrected chi connectivity index (χ3v) is 5.79. The molecular weight excluding hydrogens is 352 g/mol. The summed E-state index contributed by atoms with van der Waals surface area (Å²) >= 11 is 0. The first-order valence-corrected chi connectivity index (χ1v) is 9.98. The van der Waals surface area contributed by atoms with E-state index in [1.165, 1.54) is 12.8 Å². The van der Waals surface area contributed by atoms with E-state index in [4.69, 9.17) is 4.42 Å². The fourth-order valence-corrected chi connectivity index (χ4v) is 4.34. The lowest BCUT2D eigenvalue weighted by Crippen LogP contribution is -2.20. The molecule has 0 spiro atoms. The Bertz CT molecular complexity index is 1220. The van der Waals surface area contributed by atoms with E-state index in [-0.39, 0.29) is 5.56 Å². The molecule has 1 N–H and O–H groups in total. The Labute approximate surface area is 162 Å². The normalized spacial score (nSPS) is 15.2. The van der Waals surface area contributed by atoms with Gasteiger partial charge in [-0.25, -0.2) is 0 Å². The summed E-state index contributed by atoms with van der Waals surface area (Å²) in [5.74, 6) is 1.85. The molecule has 0 saturated carbocycles. The highest BCUT2D eigenvalue weighted by Crippen LogP contribution is 2.30. The van der Waals surface area contributed by atoms with Gasteiger partial charge < -0.3 is 8.98 Å². The SMILES string of the molecule is CCn1c(=O)c2c(C)[nH]nc2c2cc(-c3ccc(CN4CCCC4)o3)ccc21. The summed E-state index contributed by atoms with van der Waals surface area (Å²) in [6.45, 7) is 7.67. The number of furan rings is 1. The maximum Gasteiger partial charge on any atom is 0.262 e. The van der Waals surface area contributed by atoms with Crippen molar-refractivity contribution in [2.45, 2.75) is 39.8 Å². The van der Waals surface area contributed by atoms with E-state index in [0.29, 0.717) is 11.9 Å². The molecular formula is C22H24N4O2. The van der Waals surface area contributed by atoms with Gasteiger partial charge >= 0.3 is 0 Å². The molecule has 28 heavy (non-hydrogen) atoms. The molecule has 5 rings (SSSR count). The van der Waals surface area contributed by atoms with Crippen LogP contribution in [-0.4, -0.2) is 32.8 Å². The summed E-state index contributed by atoms with van der Waals surface area (Å²) in [7, 11) is 0. The van der Waals surface area contributed by atoms with Crippen LogP contribution in [0.25, 0.3) is 33.1 Å². The van der Waals surface area contributed by atoms with Crippen LogP contribution in [0.15, 0.2) is 39.5 Å². The van der Waals surface area contributed by atoms with Gasteiger partial charge in [0.15, 0.2) is 0 Å². The molecule has 0 radical (unpaired) electrons. The topological polar surface area (TPSA) is 67.1 Å². The lowest BCUT2D eigenvalue weighted by Gasteiger charge is -2.12. The number of rotatable bonds is 4. The maximum absolute atomic E-state index is 12.9. The van der Waals surface area contributed by atoms with Crippen LogP contribution in [0, 0.1) is 6.92 Å². The molecule has 0 aliphatic carbocycles. The molecule has 1 aromatic carbocycles. The molecule has 6 heteroatoms. The lowest BCUT2D eigenvalue weighted by atomic mass is 10.1. The second-order valence-electron chi connectivity index (χ2n) is 7.60. The predicted octanol–water partition coefficient (Wildman–Crippen LogP) is 4.06. The smallest absolute Gasteiger partial charge is 0.262 e. The molecule has 1 saturated heterocycles. The zero-order valence-corrected chi connectivity index (χ0v) is 16.3. The second kappa shape index (κ2) is 6.63. The first-order valence-electron chi connectivity index (χ1n) is 9.98. The average molecular weight is 376 g/mol. The third-order valence-electron chi connectivity index (χ3n) is 5.79. The zero-order valence-electron chi connectivity index (χ0n) is 16.3. The fourth-order valence-electron chi connectivity index (χ4n) is 4.34. The summed E-state index contributed by atoms with van der Waals surface area (Å²) in [6.07, 6.45) is 2.55. The predicted molar refractivity (Wildman–Crippen MR) is 110 cm³/mol. The van der Waals surface area contributed by atoms with E-state index in [9.17, 15) is 4.79 Å². The molecule has 4 heterocycles. The highest BCUT2D eigenvalue weighted by atomic mass is 16.3. The monoisotopic (exact) mass is 376 g/mol. The van der Waals surface area contributed by atoms with Gasteiger partial charge in [-0.3, -0.25) is 14.8 Å². The highest BCUT2D eigenvalue weighted by molar-refractivity contribution is 6.05. The van der Waals surface area contributed by atoms with Crippen LogP contribution in [0.3, 0.4) is 0 Å². The molecule has 1 fully saturated rings.